The van der Waals surface area contributed by atoms with E-state index in [0.29, 0.717) is 0 Å². The molecule has 0 aliphatic rings. The predicted molar refractivity (Wildman–Crippen MR) is 29.0 cm³/mol. The SMILES string of the molecule is CCc1[c][nH]cc1. The maximum Gasteiger partial charge on any atom is 0.0654 e. The van der Waals surface area contributed by atoms with Crippen LogP contribution in [0.3, 0.4) is 0 Å². The van der Waals surface area contributed by atoms with Crippen molar-refractivity contribution in [1.29, 1.82) is 0 Å². The van der Waals surface area contributed by atoms with Crippen LogP contribution in [-0.2, 0) is 6.42 Å². The van der Waals surface area contributed by atoms with E-state index in [9.17, 15) is 0 Å². The highest BCUT2D eigenvalue weighted by molar-refractivity contribution is 5.05. The molecular formula is C6H8N. The normalized spacial score (nSPS) is 9.29. The van der Waals surface area contributed by atoms with Gasteiger partial charge in [0.25, 0.3) is 0 Å². The zero-order valence-corrected chi connectivity index (χ0v) is 4.36. The molecule has 0 aliphatic heterocycles. The Balaban J connectivity index is 2.76. The third-order valence-corrected chi connectivity index (χ3v) is 0.981. The summed E-state index contributed by atoms with van der Waals surface area (Å²) < 4.78 is 0. The number of hydrogen-bond acceptors (Lipinski definition) is 0. The summed E-state index contributed by atoms with van der Waals surface area (Å²) in [6.45, 7) is 2.11. The first-order chi connectivity index (χ1) is 3.43. The van der Waals surface area contributed by atoms with E-state index in [1.807, 2.05) is 12.3 Å². The lowest BCUT2D eigenvalue weighted by atomic mass is 10.3. The van der Waals surface area contributed by atoms with Gasteiger partial charge in [0, 0.05) is 6.20 Å². The van der Waals surface area contributed by atoms with Gasteiger partial charge in [-0.25, -0.2) is 0 Å². The number of aryl methyl sites for hydroxylation is 1. The highest BCUT2D eigenvalue weighted by atomic mass is 14.6. The van der Waals surface area contributed by atoms with Gasteiger partial charge in [-0.1, -0.05) is 6.92 Å². The lowest BCUT2D eigenvalue weighted by Gasteiger charge is -1.77. The van der Waals surface area contributed by atoms with E-state index in [0.717, 1.165) is 6.42 Å². The number of rotatable bonds is 1. The van der Waals surface area contributed by atoms with Crippen LogP contribution in [0.5, 0.6) is 0 Å². The Hall–Kier alpha value is -0.720. The number of H-pyrrole nitrogens is 1. The van der Waals surface area contributed by atoms with Crippen molar-refractivity contribution in [3.63, 3.8) is 0 Å². The van der Waals surface area contributed by atoms with Gasteiger partial charge in [0.1, 0.15) is 0 Å². The highest BCUT2D eigenvalue weighted by Gasteiger charge is 1.82. The fourth-order valence-corrected chi connectivity index (χ4v) is 0.525. The molecule has 0 saturated heterocycles. The first kappa shape index (κ1) is 4.44. The van der Waals surface area contributed by atoms with E-state index < -0.39 is 0 Å². The number of aromatic nitrogens is 1. The van der Waals surface area contributed by atoms with Crippen molar-refractivity contribution in [1.82, 2.24) is 4.98 Å². The van der Waals surface area contributed by atoms with Gasteiger partial charge in [0.05, 0.1) is 6.20 Å². The Morgan fingerprint density at radius 1 is 1.86 bits per heavy atom. The molecule has 1 radical (unpaired) electrons. The molecule has 37 valence electrons. The van der Waals surface area contributed by atoms with Crippen LogP contribution in [0.1, 0.15) is 12.5 Å². The molecule has 0 bridgehead atoms. The third-order valence-electron chi connectivity index (χ3n) is 0.981. The van der Waals surface area contributed by atoms with E-state index in [4.69, 9.17) is 0 Å². The van der Waals surface area contributed by atoms with E-state index in [1.54, 1.807) is 0 Å². The largest absolute Gasteiger partial charge is 0.360 e. The van der Waals surface area contributed by atoms with Gasteiger partial charge in [-0.3, -0.25) is 0 Å². The molecule has 1 aromatic heterocycles. The van der Waals surface area contributed by atoms with Gasteiger partial charge < -0.3 is 4.98 Å². The quantitative estimate of drug-likeness (QED) is 0.541. The Labute approximate surface area is 43.4 Å². The standard InChI is InChI=1S/C6H8N/c1-2-6-3-4-7-5-6/h3-4,7H,2H2,1H3. The summed E-state index contributed by atoms with van der Waals surface area (Å²) in [4.78, 5) is 2.86. The number of nitrogens with one attached hydrogen (secondary N) is 1. The Morgan fingerprint density at radius 3 is 3.00 bits per heavy atom. The van der Waals surface area contributed by atoms with E-state index in [2.05, 4.69) is 18.1 Å². The minimum absolute atomic E-state index is 1.07. The first-order valence-corrected chi connectivity index (χ1v) is 2.47. The first-order valence-electron chi connectivity index (χ1n) is 2.47. The van der Waals surface area contributed by atoms with Crippen molar-refractivity contribution in [3.05, 3.63) is 24.0 Å². The maximum absolute atomic E-state index is 2.96. The Bertz CT molecular complexity index is 119. The lowest BCUT2D eigenvalue weighted by Crippen LogP contribution is -1.68. The van der Waals surface area contributed by atoms with Crippen LogP contribution in [0.2, 0.25) is 0 Å². The molecule has 1 heteroatoms. The van der Waals surface area contributed by atoms with Crippen LogP contribution >= 0.6 is 0 Å². The smallest absolute Gasteiger partial charge is 0.0654 e. The van der Waals surface area contributed by atoms with Crippen molar-refractivity contribution in [2.24, 2.45) is 0 Å². The highest BCUT2D eigenvalue weighted by Crippen LogP contribution is 1.93. The molecule has 1 rings (SSSR count). The maximum atomic E-state index is 2.96. The lowest BCUT2D eigenvalue weighted by molar-refractivity contribution is 1.14. The Morgan fingerprint density at radius 2 is 2.71 bits per heavy atom. The van der Waals surface area contributed by atoms with E-state index in [-0.39, 0.29) is 0 Å². The molecule has 1 heterocycles. The minimum atomic E-state index is 1.07. The van der Waals surface area contributed by atoms with Gasteiger partial charge in [-0.05, 0) is 18.1 Å². The number of hydrogen-bond donors (Lipinski definition) is 1. The molecule has 1 aromatic rings. The van der Waals surface area contributed by atoms with Gasteiger partial charge in [0.15, 0.2) is 0 Å². The Kier molecular flexibility index (Phi) is 1.16. The monoisotopic (exact) mass is 94.1 g/mol. The van der Waals surface area contributed by atoms with Gasteiger partial charge in [-0.2, -0.15) is 0 Å². The summed E-state index contributed by atoms with van der Waals surface area (Å²) in [5, 5.41) is 0. The second-order valence-electron chi connectivity index (χ2n) is 1.48. The van der Waals surface area contributed by atoms with E-state index in [1.165, 1.54) is 5.56 Å². The average Bonchev–Trinajstić information content (AvgIpc) is 2.14. The fraction of sp³-hybridized carbons (Fsp3) is 0.333. The molecule has 0 fully saturated rings. The molecule has 0 aromatic carbocycles. The molecule has 0 aliphatic carbocycles. The molecule has 0 unspecified atom stereocenters. The van der Waals surface area contributed by atoms with Crippen molar-refractivity contribution >= 4 is 0 Å². The molecule has 0 amide bonds. The van der Waals surface area contributed by atoms with Crippen molar-refractivity contribution in [2.75, 3.05) is 0 Å². The van der Waals surface area contributed by atoms with Crippen LogP contribution in [0, 0.1) is 6.20 Å². The summed E-state index contributed by atoms with van der Waals surface area (Å²) in [6, 6.07) is 2.03. The second kappa shape index (κ2) is 1.82. The summed E-state index contributed by atoms with van der Waals surface area (Å²) in [5.74, 6) is 0. The molecule has 0 saturated carbocycles. The van der Waals surface area contributed by atoms with Crippen molar-refractivity contribution < 1.29 is 0 Å². The second-order valence-corrected chi connectivity index (χ2v) is 1.48. The van der Waals surface area contributed by atoms with E-state index >= 15 is 0 Å². The summed E-state index contributed by atoms with van der Waals surface area (Å²) in [5.41, 5.74) is 1.25. The van der Waals surface area contributed by atoms with Crippen LogP contribution < -0.4 is 0 Å². The van der Waals surface area contributed by atoms with Gasteiger partial charge in [-0.15, -0.1) is 0 Å². The van der Waals surface area contributed by atoms with Crippen LogP contribution in [-0.4, -0.2) is 4.98 Å². The molecule has 0 atom stereocenters. The summed E-state index contributed by atoms with van der Waals surface area (Å²) in [7, 11) is 0. The average molecular weight is 94.1 g/mol. The van der Waals surface area contributed by atoms with Crippen LogP contribution in [0.15, 0.2) is 12.3 Å². The summed E-state index contributed by atoms with van der Waals surface area (Å²) in [6.07, 6.45) is 5.92. The summed E-state index contributed by atoms with van der Waals surface area (Å²) >= 11 is 0. The fourth-order valence-electron chi connectivity index (χ4n) is 0.525. The minimum Gasteiger partial charge on any atom is -0.360 e. The van der Waals surface area contributed by atoms with Crippen LogP contribution in [0.25, 0.3) is 0 Å². The molecule has 7 heavy (non-hydrogen) atoms. The predicted octanol–water partition coefficient (Wildman–Crippen LogP) is 1.38. The van der Waals surface area contributed by atoms with Gasteiger partial charge in [0.2, 0.25) is 0 Å². The van der Waals surface area contributed by atoms with Crippen LogP contribution in [0.4, 0.5) is 0 Å². The molecular weight excluding hydrogens is 86.1 g/mol. The van der Waals surface area contributed by atoms with Crippen molar-refractivity contribution in [3.8, 4) is 0 Å². The van der Waals surface area contributed by atoms with Gasteiger partial charge >= 0.3 is 0 Å². The topological polar surface area (TPSA) is 15.8 Å². The number of aromatic amines is 1. The zero-order chi connectivity index (χ0) is 5.11. The molecule has 1 N–H and O–H groups in total. The molecule has 0 spiro atoms. The third kappa shape index (κ3) is 0.829. The van der Waals surface area contributed by atoms with Crippen molar-refractivity contribution in [2.45, 2.75) is 13.3 Å². The molecule has 1 nitrogen and oxygen atoms in total. The zero-order valence-electron chi connectivity index (χ0n) is 4.36.